The van der Waals surface area contributed by atoms with Gasteiger partial charge in [0.2, 0.25) is 10.0 Å². The van der Waals surface area contributed by atoms with Crippen molar-refractivity contribution < 1.29 is 17.5 Å². The van der Waals surface area contributed by atoms with Crippen molar-refractivity contribution >= 4 is 10.0 Å². The lowest BCUT2D eigenvalue weighted by molar-refractivity contribution is -0.0575. The zero-order valence-electron chi connectivity index (χ0n) is 13.5. The topological polar surface area (TPSA) is 55.4 Å². The van der Waals surface area contributed by atoms with Gasteiger partial charge in [0.1, 0.15) is 5.60 Å². The predicted molar refractivity (Wildman–Crippen MR) is 85.9 cm³/mol. The summed E-state index contributed by atoms with van der Waals surface area (Å²) in [4.78, 5) is 0. The largest absolute Gasteiger partial charge is 0.367 e. The summed E-state index contributed by atoms with van der Waals surface area (Å²) >= 11 is 0. The summed E-state index contributed by atoms with van der Waals surface area (Å²) in [7, 11) is -3.43. The van der Waals surface area contributed by atoms with Crippen molar-refractivity contribution in [2.45, 2.75) is 56.6 Å². The lowest BCUT2D eigenvalue weighted by Crippen LogP contribution is -2.46. The van der Waals surface area contributed by atoms with Crippen molar-refractivity contribution in [3.05, 3.63) is 24.3 Å². The average Bonchev–Trinajstić information content (AvgIpc) is 3.22. The molecule has 1 N–H and O–H groups in total. The Morgan fingerprint density at radius 2 is 2.00 bits per heavy atom. The van der Waals surface area contributed by atoms with Gasteiger partial charge < -0.3 is 4.74 Å². The highest BCUT2D eigenvalue weighted by Gasteiger charge is 2.40. The third kappa shape index (κ3) is 4.18. The molecule has 6 heteroatoms. The van der Waals surface area contributed by atoms with Crippen molar-refractivity contribution in [1.29, 1.82) is 0 Å². The lowest BCUT2D eigenvalue weighted by atomic mass is 9.89. The molecule has 0 radical (unpaired) electrons. The fourth-order valence-electron chi connectivity index (χ4n) is 2.21. The van der Waals surface area contributed by atoms with Crippen LogP contribution in [0.4, 0.5) is 4.39 Å². The van der Waals surface area contributed by atoms with E-state index in [4.69, 9.17) is 4.74 Å². The first kappa shape index (κ1) is 17.6. The van der Waals surface area contributed by atoms with E-state index >= 15 is 0 Å². The molecule has 0 saturated heterocycles. The van der Waals surface area contributed by atoms with Crippen molar-refractivity contribution in [3.8, 4) is 0 Å². The Kier molecular flexibility index (Phi) is 5.14. The highest BCUT2D eigenvalue weighted by Crippen LogP contribution is 2.35. The quantitative estimate of drug-likeness (QED) is 0.780. The van der Waals surface area contributed by atoms with Gasteiger partial charge in [0, 0.05) is 6.54 Å². The second-order valence-electron chi connectivity index (χ2n) is 7.12. The first-order valence-corrected chi connectivity index (χ1v) is 9.28. The van der Waals surface area contributed by atoms with Gasteiger partial charge in [-0.3, -0.25) is 0 Å². The summed E-state index contributed by atoms with van der Waals surface area (Å²) in [6.07, 6.45) is 7.87. The molecule has 0 bridgehead atoms. The Morgan fingerprint density at radius 1 is 1.32 bits per heavy atom. The van der Waals surface area contributed by atoms with E-state index in [1.54, 1.807) is 39.0 Å². The fourth-order valence-corrected chi connectivity index (χ4v) is 3.01. The van der Waals surface area contributed by atoms with E-state index in [0.29, 0.717) is 12.5 Å². The Balaban J connectivity index is 1.98. The molecule has 22 heavy (non-hydrogen) atoms. The highest BCUT2D eigenvalue weighted by molar-refractivity contribution is 7.90. The summed E-state index contributed by atoms with van der Waals surface area (Å²) in [5.41, 5.74) is -1.06. The van der Waals surface area contributed by atoms with Gasteiger partial charge >= 0.3 is 0 Å². The van der Waals surface area contributed by atoms with Crippen LogP contribution in [-0.4, -0.2) is 38.1 Å². The molecule has 0 spiro atoms. The Hall–Kier alpha value is -0.720. The monoisotopic (exact) mass is 331 g/mol. The number of hydrogen-bond donors (Lipinski definition) is 1. The standard InChI is InChI=1S/C16H26FNO3S/c1-15(2,3)22(19,20)18-11-10-16(21-12-13-7-8-13)9-5-4-6-14(16)17/h4-6,9,13-14,18H,7-8,10-12H2,1-3H3/t14-,16+/m0/s1. The molecule has 0 aromatic heterocycles. The summed E-state index contributed by atoms with van der Waals surface area (Å²) in [5, 5.41) is 0. The van der Waals surface area contributed by atoms with Gasteiger partial charge in [0.15, 0.2) is 6.17 Å². The molecule has 2 aliphatic rings. The molecule has 0 aromatic rings. The SMILES string of the molecule is CC(C)(C)S(=O)(=O)NCC[C@]1(OCC2CC2)C=CC=C[C@@H]1F. The number of hydrogen-bond acceptors (Lipinski definition) is 3. The number of alkyl halides is 1. The molecule has 126 valence electrons. The number of ether oxygens (including phenoxy) is 1. The van der Waals surface area contributed by atoms with Gasteiger partial charge in [-0.2, -0.15) is 0 Å². The van der Waals surface area contributed by atoms with Crippen molar-refractivity contribution in [2.75, 3.05) is 13.2 Å². The lowest BCUT2D eigenvalue weighted by Gasteiger charge is -2.35. The minimum absolute atomic E-state index is 0.156. The predicted octanol–water partition coefficient (Wildman–Crippen LogP) is 2.72. The van der Waals surface area contributed by atoms with Gasteiger partial charge in [-0.05, 0) is 58.1 Å². The molecule has 1 saturated carbocycles. The van der Waals surface area contributed by atoms with Gasteiger partial charge in [-0.25, -0.2) is 17.5 Å². The van der Waals surface area contributed by atoms with Gasteiger partial charge in [-0.1, -0.05) is 12.2 Å². The van der Waals surface area contributed by atoms with E-state index in [2.05, 4.69) is 4.72 Å². The van der Waals surface area contributed by atoms with E-state index in [-0.39, 0.29) is 13.0 Å². The van der Waals surface area contributed by atoms with E-state index < -0.39 is 26.5 Å². The summed E-state index contributed by atoms with van der Waals surface area (Å²) in [6.45, 7) is 5.59. The number of nitrogens with one attached hydrogen (secondary N) is 1. The maximum Gasteiger partial charge on any atom is 0.216 e. The molecular formula is C16H26FNO3S. The van der Waals surface area contributed by atoms with Crippen molar-refractivity contribution in [3.63, 3.8) is 0 Å². The third-order valence-electron chi connectivity index (χ3n) is 4.14. The molecule has 4 nitrogen and oxygen atoms in total. The molecular weight excluding hydrogens is 305 g/mol. The molecule has 0 aliphatic heterocycles. The first-order chi connectivity index (χ1) is 10.2. The van der Waals surface area contributed by atoms with Gasteiger partial charge in [-0.15, -0.1) is 0 Å². The number of sulfonamides is 1. The molecule has 0 amide bonds. The van der Waals surface area contributed by atoms with Gasteiger partial charge in [0.25, 0.3) is 0 Å². The van der Waals surface area contributed by atoms with E-state index in [0.717, 1.165) is 12.8 Å². The van der Waals surface area contributed by atoms with Crippen LogP contribution in [0.15, 0.2) is 24.3 Å². The Morgan fingerprint density at radius 3 is 2.55 bits per heavy atom. The summed E-state index contributed by atoms with van der Waals surface area (Å²) in [5.74, 6) is 0.523. The second kappa shape index (κ2) is 6.42. The van der Waals surface area contributed by atoms with Gasteiger partial charge in [0.05, 0.1) is 11.4 Å². The Bertz CT molecular complexity index is 546. The minimum atomic E-state index is -3.43. The zero-order chi connectivity index (χ0) is 16.4. The van der Waals surface area contributed by atoms with Crippen LogP contribution in [-0.2, 0) is 14.8 Å². The normalized spacial score (nSPS) is 29.0. The minimum Gasteiger partial charge on any atom is -0.367 e. The second-order valence-corrected chi connectivity index (χ2v) is 9.64. The Labute approximate surface area is 132 Å². The van der Waals surface area contributed by atoms with E-state index in [1.807, 2.05) is 0 Å². The summed E-state index contributed by atoms with van der Waals surface area (Å²) < 4.78 is 46.1. The molecule has 0 aromatic carbocycles. The van der Waals surface area contributed by atoms with Crippen LogP contribution in [0.3, 0.4) is 0 Å². The molecule has 0 heterocycles. The van der Waals surface area contributed by atoms with Crippen LogP contribution in [0.25, 0.3) is 0 Å². The number of rotatable bonds is 7. The van der Waals surface area contributed by atoms with E-state index in [1.165, 1.54) is 6.08 Å². The molecule has 0 unspecified atom stereocenters. The van der Waals surface area contributed by atoms with Crippen LogP contribution in [0, 0.1) is 5.92 Å². The smallest absolute Gasteiger partial charge is 0.216 e. The number of allylic oxidation sites excluding steroid dienone is 2. The van der Waals surface area contributed by atoms with Crippen LogP contribution >= 0.6 is 0 Å². The van der Waals surface area contributed by atoms with Crippen molar-refractivity contribution in [1.82, 2.24) is 4.72 Å². The first-order valence-electron chi connectivity index (χ1n) is 7.80. The molecule has 2 atom stereocenters. The maximum absolute atomic E-state index is 14.4. The third-order valence-corrected chi connectivity index (χ3v) is 6.33. The van der Waals surface area contributed by atoms with Crippen LogP contribution in [0.5, 0.6) is 0 Å². The molecule has 2 aliphatic carbocycles. The average molecular weight is 331 g/mol. The summed E-state index contributed by atoms with van der Waals surface area (Å²) in [6, 6.07) is 0. The fraction of sp³-hybridized carbons (Fsp3) is 0.750. The van der Waals surface area contributed by atoms with Crippen molar-refractivity contribution in [2.24, 2.45) is 5.92 Å². The van der Waals surface area contributed by atoms with Crippen LogP contribution in [0.2, 0.25) is 0 Å². The highest BCUT2D eigenvalue weighted by atomic mass is 32.2. The molecule has 1 fully saturated rings. The zero-order valence-corrected chi connectivity index (χ0v) is 14.3. The van der Waals surface area contributed by atoms with E-state index in [9.17, 15) is 12.8 Å². The maximum atomic E-state index is 14.4. The number of halogens is 1. The molecule has 2 rings (SSSR count). The van der Waals surface area contributed by atoms with Crippen LogP contribution in [0.1, 0.15) is 40.0 Å². The van der Waals surface area contributed by atoms with Crippen LogP contribution < -0.4 is 4.72 Å².